The number of para-hydroxylation sites is 1. The molecule has 10 heteroatoms. The number of sulfonamides is 1. The molecule has 3 rings (SSSR count). The summed E-state index contributed by atoms with van der Waals surface area (Å²) in [6.07, 6.45) is 1.41. The van der Waals surface area contributed by atoms with Crippen molar-refractivity contribution in [3.63, 3.8) is 0 Å². The minimum atomic E-state index is -4.01. The standard InChI is InChI=1S/C19H19N3O6S/c1-19(23,18-8-5-11-28-18)13-20-16-10-9-15(12-17(16)22(24)25)29(26,27)21-14-6-3-2-4-7-14/h2-12,20-21,23H,13H2,1H3. The van der Waals surface area contributed by atoms with E-state index in [1.54, 1.807) is 42.5 Å². The van der Waals surface area contributed by atoms with Crippen LogP contribution in [0, 0.1) is 10.1 Å². The van der Waals surface area contributed by atoms with Gasteiger partial charge in [-0.3, -0.25) is 14.8 Å². The number of aliphatic hydroxyl groups is 1. The van der Waals surface area contributed by atoms with Crippen LogP contribution >= 0.6 is 0 Å². The topological polar surface area (TPSA) is 135 Å². The molecule has 0 saturated carbocycles. The number of nitro benzene ring substituents is 1. The Labute approximate surface area is 167 Å². The van der Waals surface area contributed by atoms with Gasteiger partial charge < -0.3 is 14.8 Å². The predicted octanol–water partition coefficient (Wildman–Crippen LogP) is 3.31. The first-order valence-corrected chi connectivity index (χ1v) is 10.0. The fraction of sp³-hybridized carbons (Fsp3) is 0.158. The molecule has 0 saturated heterocycles. The average Bonchev–Trinajstić information content (AvgIpc) is 3.22. The number of nitrogens with zero attached hydrogens (tertiary/aromatic N) is 1. The number of anilines is 2. The number of furan rings is 1. The normalized spacial score (nSPS) is 13.4. The van der Waals surface area contributed by atoms with Gasteiger partial charge in [-0.2, -0.15) is 0 Å². The summed E-state index contributed by atoms with van der Waals surface area (Å²) in [5.41, 5.74) is -1.44. The smallest absolute Gasteiger partial charge is 0.293 e. The molecule has 0 fully saturated rings. The molecule has 0 aliphatic carbocycles. The molecule has 0 amide bonds. The second-order valence-electron chi connectivity index (χ2n) is 6.51. The molecule has 0 spiro atoms. The molecule has 1 unspecified atom stereocenters. The lowest BCUT2D eigenvalue weighted by atomic mass is 10.0. The highest BCUT2D eigenvalue weighted by molar-refractivity contribution is 7.92. The van der Waals surface area contributed by atoms with E-state index in [-0.39, 0.29) is 17.1 Å². The van der Waals surface area contributed by atoms with E-state index in [2.05, 4.69) is 10.0 Å². The summed E-state index contributed by atoms with van der Waals surface area (Å²) in [6, 6.07) is 14.9. The summed E-state index contributed by atoms with van der Waals surface area (Å²) < 4.78 is 32.7. The molecule has 2 aromatic carbocycles. The molecule has 1 aromatic heterocycles. The minimum absolute atomic E-state index is 0.0699. The maximum atomic E-state index is 12.6. The van der Waals surface area contributed by atoms with Gasteiger partial charge in [0.2, 0.25) is 0 Å². The van der Waals surface area contributed by atoms with Crippen LogP contribution in [0.4, 0.5) is 17.1 Å². The lowest BCUT2D eigenvalue weighted by Gasteiger charge is -2.21. The predicted molar refractivity (Wildman–Crippen MR) is 107 cm³/mol. The molecule has 0 radical (unpaired) electrons. The number of nitro groups is 1. The summed E-state index contributed by atoms with van der Waals surface area (Å²) in [6.45, 7) is 1.41. The molecule has 3 N–H and O–H groups in total. The molecular weight excluding hydrogens is 398 g/mol. The molecule has 29 heavy (non-hydrogen) atoms. The maximum Gasteiger partial charge on any atom is 0.293 e. The number of hydrogen-bond donors (Lipinski definition) is 3. The van der Waals surface area contributed by atoms with Crippen molar-refractivity contribution in [2.75, 3.05) is 16.6 Å². The Hall–Kier alpha value is -3.37. The molecular formula is C19H19N3O6S. The van der Waals surface area contributed by atoms with Crippen molar-refractivity contribution in [1.29, 1.82) is 0 Å². The average molecular weight is 417 g/mol. The number of rotatable bonds is 8. The number of benzene rings is 2. The number of hydrogen-bond acceptors (Lipinski definition) is 7. The Bertz CT molecular complexity index is 1100. The molecule has 1 heterocycles. The van der Waals surface area contributed by atoms with Crippen LogP contribution in [0.3, 0.4) is 0 Å². The summed E-state index contributed by atoms with van der Waals surface area (Å²) in [5, 5.41) is 24.7. The van der Waals surface area contributed by atoms with Crippen LogP contribution in [0.5, 0.6) is 0 Å². The Morgan fingerprint density at radius 3 is 2.48 bits per heavy atom. The fourth-order valence-electron chi connectivity index (χ4n) is 2.64. The van der Waals surface area contributed by atoms with Gasteiger partial charge in [-0.1, -0.05) is 18.2 Å². The van der Waals surface area contributed by atoms with Crippen molar-refractivity contribution in [3.8, 4) is 0 Å². The van der Waals surface area contributed by atoms with Crippen LogP contribution in [0.2, 0.25) is 0 Å². The monoisotopic (exact) mass is 417 g/mol. The van der Waals surface area contributed by atoms with Gasteiger partial charge in [0.05, 0.1) is 22.6 Å². The summed E-state index contributed by atoms with van der Waals surface area (Å²) in [5.74, 6) is 0.291. The van der Waals surface area contributed by atoms with Gasteiger partial charge in [0.15, 0.2) is 0 Å². The van der Waals surface area contributed by atoms with Crippen LogP contribution in [-0.4, -0.2) is 25.0 Å². The van der Waals surface area contributed by atoms with E-state index in [0.29, 0.717) is 11.4 Å². The fourth-order valence-corrected chi connectivity index (χ4v) is 3.72. The van der Waals surface area contributed by atoms with Gasteiger partial charge in [0, 0.05) is 11.8 Å². The molecule has 0 bridgehead atoms. The molecule has 1 atom stereocenters. The third-order valence-corrected chi connectivity index (χ3v) is 5.56. The largest absolute Gasteiger partial charge is 0.466 e. The first-order valence-electron chi connectivity index (χ1n) is 8.55. The summed E-state index contributed by atoms with van der Waals surface area (Å²) >= 11 is 0. The highest BCUT2D eigenvalue weighted by Gasteiger charge is 2.28. The molecule has 0 aliphatic heterocycles. The van der Waals surface area contributed by atoms with E-state index in [1.165, 1.54) is 25.3 Å². The van der Waals surface area contributed by atoms with Gasteiger partial charge >= 0.3 is 0 Å². The van der Waals surface area contributed by atoms with E-state index < -0.39 is 26.2 Å². The lowest BCUT2D eigenvalue weighted by Crippen LogP contribution is -2.30. The Morgan fingerprint density at radius 2 is 1.86 bits per heavy atom. The SMILES string of the molecule is CC(O)(CNc1ccc(S(=O)(=O)Nc2ccccc2)cc1[N+](=O)[O-])c1ccco1. The van der Waals surface area contributed by atoms with E-state index in [0.717, 1.165) is 6.07 Å². The van der Waals surface area contributed by atoms with Crippen molar-refractivity contribution in [2.24, 2.45) is 0 Å². The van der Waals surface area contributed by atoms with E-state index >= 15 is 0 Å². The third-order valence-electron chi connectivity index (χ3n) is 4.18. The van der Waals surface area contributed by atoms with Gasteiger partial charge in [-0.25, -0.2) is 8.42 Å². The minimum Gasteiger partial charge on any atom is -0.466 e. The van der Waals surface area contributed by atoms with Gasteiger partial charge in [-0.15, -0.1) is 0 Å². The summed E-state index contributed by atoms with van der Waals surface area (Å²) in [7, 11) is -4.01. The van der Waals surface area contributed by atoms with E-state index in [1.807, 2.05) is 0 Å². The van der Waals surface area contributed by atoms with Gasteiger partial charge in [0.25, 0.3) is 15.7 Å². The quantitative estimate of drug-likeness (QED) is 0.378. The molecule has 0 aliphatic rings. The van der Waals surface area contributed by atoms with Crippen molar-refractivity contribution in [2.45, 2.75) is 17.4 Å². The molecule has 3 aromatic rings. The Balaban J connectivity index is 1.84. The zero-order chi connectivity index (χ0) is 21.1. The highest BCUT2D eigenvalue weighted by atomic mass is 32.2. The lowest BCUT2D eigenvalue weighted by molar-refractivity contribution is -0.384. The third kappa shape index (κ3) is 4.73. The summed E-state index contributed by atoms with van der Waals surface area (Å²) in [4.78, 5) is 10.5. The van der Waals surface area contributed by atoms with Crippen LogP contribution in [0.1, 0.15) is 12.7 Å². The van der Waals surface area contributed by atoms with E-state index in [9.17, 15) is 23.6 Å². The van der Waals surface area contributed by atoms with Crippen LogP contribution < -0.4 is 10.0 Å². The van der Waals surface area contributed by atoms with Gasteiger partial charge in [0.1, 0.15) is 17.0 Å². The van der Waals surface area contributed by atoms with Crippen molar-refractivity contribution < 1.29 is 22.9 Å². The van der Waals surface area contributed by atoms with Crippen molar-refractivity contribution in [1.82, 2.24) is 0 Å². The second-order valence-corrected chi connectivity index (χ2v) is 8.19. The zero-order valence-electron chi connectivity index (χ0n) is 15.4. The Kier molecular flexibility index (Phi) is 5.57. The van der Waals surface area contributed by atoms with Crippen molar-refractivity contribution >= 4 is 27.1 Å². The van der Waals surface area contributed by atoms with E-state index in [4.69, 9.17) is 4.42 Å². The van der Waals surface area contributed by atoms with Crippen LogP contribution in [0.15, 0.2) is 76.2 Å². The first kappa shape index (κ1) is 20.4. The zero-order valence-corrected chi connectivity index (χ0v) is 16.2. The van der Waals surface area contributed by atoms with Crippen molar-refractivity contribution in [3.05, 3.63) is 82.8 Å². The maximum absolute atomic E-state index is 12.6. The molecule has 152 valence electrons. The van der Waals surface area contributed by atoms with Crippen LogP contribution in [-0.2, 0) is 15.6 Å². The molecule has 9 nitrogen and oxygen atoms in total. The number of nitrogens with one attached hydrogen (secondary N) is 2. The van der Waals surface area contributed by atoms with Crippen LogP contribution in [0.25, 0.3) is 0 Å². The second kappa shape index (κ2) is 7.94. The highest BCUT2D eigenvalue weighted by Crippen LogP contribution is 2.30. The first-order chi connectivity index (χ1) is 13.7. The Morgan fingerprint density at radius 1 is 1.14 bits per heavy atom. The van der Waals surface area contributed by atoms with Gasteiger partial charge in [-0.05, 0) is 43.3 Å².